The lowest BCUT2D eigenvalue weighted by Gasteiger charge is -2.31. The van der Waals surface area contributed by atoms with E-state index < -0.39 is 6.04 Å². The summed E-state index contributed by atoms with van der Waals surface area (Å²) < 4.78 is 6.80. The molecule has 1 N–H and O–H groups in total. The van der Waals surface area contributed by atoms with E-state index in [0.717, 1.165) is 14.7 Å². The lowest BCUT2D eigenvalue weighted by atomic mass is 10.1. The number of nitrogens with one attached hydrogen (secondary N) is 1. The third-order valence-corrected chi connectivity index (χ3v) is 5.31. The van der Waals surface area contributed by atoms with E-state index in [1.807, 2.05) is 76.2 Å². The molecule has 2 aromatic rings. The van der Waals surface area contributed by atoms with Crippen LogP contribution in [-0.4, -0.2) is 35.4 Å². The maximum atomic E-state index is 13.1. The van der Waals surface area contributed by atoms with Crippen LogP contribution in [0.1, 0.15) is 38.3 Å². The predicted molar refractivity (Wildman–Crippen MR) is 124 cm³/mol. The summed E-state index contributed by atoms with van der Waals surface area (Å²) in [4.78, 5) is 27.5. The van der Waals surface area contributed by atoms with Gasteiger partial charge in [-0.3, -0.25) is 9.59 Å². The highest BCUT2D eigenvalue weighted by molar-refractivity contribution is 14.1. The molecule has 6 heteroatoms. The van der Waals surface area contributed by atoms with Crippen LogP contribution in [0.25, 0.3) is 0 Å². The van der Waals surface area contributed by atoms with E-state index in [9.17, 15) is 9.59 Å². The molecule has 0 bridgehead atoms. The normalized spacial score (nSPS) is 11.8. The number of hydrogen-bond donors (Lipinski definition) is 1. The number of hydrogen-bond acceptors (Lipinski definition) is 3. The smallest absolute Gasteiger partial charge is 0.261 e. The van der Waals surface area contributed by atoms with Gasteiger partial charge in [0.15, 0.2) is 6.61 Å². The average molecular weight is 508 g/mol. The lowest BCUT2D eigenvalue weighted by molar-refractivity contribution is -0.143. The van der Waals surface area contributed by atoms with E-state index in [1.54, 1.807) is 4.90 Å². The van der Waals surface area contributed by atoms with E-state index in [2.05, 4.69) is 27.9 Å². The first kappa shape index (κ1) is 23.2. The first-order valence-corrected chi connectivity index (χ1v) is 10.9. The minimum Gasteiger partial charge on any atom is -0.484 e. The minimum absolute atomic E-state index is 0.00926. The van der Waals surface area contributed by atoms with Crippen molar-refractivity contribution in [3.63, 3.8) is 0 Å². The van der Waals surface area contributed by atoms with Gasteiger partial charge >= 0.3 is 0 Å². The van der Waals surface area contributed by atoms with Crippen molar-refractivity contribution in [3.8, 4) is 5.75 Å². The first-order chi connectivity index (χ1) is 13.8. The van der Waals surface area contributed by atoms with Crippen LogP contribution >= 0.6 is 22.6 Å². The average Bonchev–Trinajstić information content (AvgIpc) is 2.68. The Morgan fingerprint density at radius 3 is 2.34 bits per heavy atom. The molecule has 0 saturated heterocycles. The number of carbonyl (C=O) groups is 2. The summed E-state index contributed by atoms with van der Waals surface area (Å²) in [6.07, 6.45) is 0.527. The lowest BCUT2D eigenvalue weighted by Crippen LogP contribution is -2.51. The molecule has 0 unspecified atom stereocenters. The van der Waals surface area contributed by atoms with Gasteiger partial charge in [0.05, 0.1) is 0 Å². The van der Waals surface area contributed by atoms with Crippen LogP contribution in [-0.2, 0) is 16.1 Å². The maximum absolute atomic E-state index is 13.1. The molecular formula is C23H29IN2O3. The molecule has 2 aromatic carbocycles. The van der Waals surface area contributed by atoms with Gasteiger partial charge in [0.2, 0.25) is 5.91 Å². The maximum Gasteiger partial charge on any atom is 0.261 e. The molecule has 0 saturated carbocycles. The van der Waals surface area contributed by atoms with Crippen LogP contribution in [0.4, 0.5) is 0 Å². The number of benzene rings is 2. The largest absolute Gasteiger partial charge is 0.484 e. The molecule has 156 valence electrons. The summed E-state index contributed by atoms with van der Waals surface area (Å²) in [6, 6.07) is 14.9. The molecule has 0 aliphatic carbocycles. The fourth-order valence-electron chi connectivity index (χ4n) is 3.03. The summed E-state index contributed by atoms with van der Waals surface area (Å²) in [6.45, 7) is 8.01. The zero-order valence-corrected chi connectivity index (χ0v) is 19.6. The van der Waals surface area contributed by atoms with Gasteiger partial charge in [-0.05, 0) is 85.2 Å². The second kappa shape index (κ2) is 11.2. The van der Waals surface area contributed by atoms with Crippen molar-refractivity contribution in [1.82, 2.24) is 10.2 Å². The molecule has 29 heavy (non-hydrogen) atoms. The van der Waals surface area contributed by atoms with Crippen molar-refractivity contribution in [2.24, 2.45) is 0 Å². The number of nitrogens with zero attached hydrogens (tertiary/aromatic N) is 1. The third-order valence-electron chi connectivity index (χ3n) is 4.59. The van der Waals surface area contributed by atoms with Crippen LogP contribution in [0.2, 0.25) is 0 Å². The van der Waals surface area contributed by atoms with E-state index in [1.165, 1.54) is 0 Å². The molecule has 1 atom stereocenters. The van der Waals surface area contributed by atoms with Crippen molar-refractivity contribution in [2.75, 3.05) is 6.61 Å². The fourth-order valence-corrected chi connectivity index (χ4v) is 3.39. The fraction of sp³-hybridized carbons (Fsp3) is 0.391. The monoisotopic (exact) mass is 508 g/mol. The first-order valence-electron chi connectivity index (χ1n) is 9.84. The summed E-state index contributed by atoms with van der Waals surface area (Å²) >= 11 is 2.22. The Bertz CT molecular complexity index is 821. The van der Waals surface area contributed by atoms with Gasteiger partial charge in [-0.1, -0.05) is 31.2 Å². The molecule has 0 aromatic heterocycles. The molecule has 2 rings (SSSR count). The second-order valence-corrected chi connectivity index (χ2v) is 8.52. The van der Waals surface area contributed by atoms with Crippen LogP contribution in [0, 0.1) is 10.5 Å². The molecule has 2 amide bonds. The van der Waals surface area contributed by atoms with Gasteiger partial charge in [-0.2, -0.15) is 0 Å². The van der Waals surface area contributed by atoms with Gasteiger partial charge in [0, 0.05) is 16.2 Å². The summed E-state index contributed by atoms with van der Waals surface area (Å²) in [5.74, 6) is 0.283. The molecule has 5 nitrogen and oxygen atoms in total. The van der Waals surface area contributed by atoms with E-state index in [4.69, 9.17) is 4.74 Å². The number of rotatable bonds is 9. The quantitative estimate of drug-likeness (QED) is 0.514. The molecule has 0 spiro atoms. The third kappa shape index (κ3) is 7.03. The molecule has 0 aliphatic rings. The van der Waals surface area contributed by atoms with Gasteiger partial charge in [0.1, 0.15) is 11.8 Å². The van der Waals surface area contributed by atoms with Crippen molar-refractivity contribution < 1.29 is 14.3 Å². The van der Waals surface area contributed by atoms with Crippen LogP contribution in [0.3, 0.4) is 0 Å². The van der Waals surface area contributed by atoms with Crippen molar-refractivity contribution in [3.05, 3.63) is 63.2 Å². The van der Waals surface area contributed by atoms with Crippen LogP contribution in [0.15, 0.2) is 48.5 Å². The van der Waals surface area contributed by atoms with Crippen molar-refractivity contribution in [2.45, 2.75) is 52.7 Å². The zero-order valence-electron chi connectivity index (χ0n) is 17.4. The molecule has 0 heterocycles. The van der Waals surface area contributed by atoms with Crippen LogP contribution < -0.4 is 10.1 Å². The Morgan fingerprint density at radius 1 is 1.10 bits per heavy atom. The zero-order chi connectivity index (χ0) is 21.4. The summed E-state index contributed by atoms with van der Waals surface area (Å²) in [5, 5.41) is 2.94. The van der Waals surface area contributed by atoms with Crippen molar-refractivity contribution in [1.29, 1.82) is 0 Å². The summed E-state index contributed by atoms with van der Waals surface area (Å²) in [5.41, 5.74) is 2.11. The van der Waals surface area contributed by atoms with E-state index >= 15 is 0 Å². The minimum atomic E-state index is -0.551. The topological polar surface area (TPSA) is 58.6 Å². The number of amides is 2. The van der Waals surface area contributed by atoms with Gasteiger partial charge < -0.3 is 15.0 Å². The predicted octanol–water partition coefficient (Wildman–Crippen LogP) is 4.31. The molecular weight excluding hydrogens is 479 g/mol. The number of ether oxygens (including phenoxy) is 1. The Kier molecular flexibility index (Phi) is 8.95. The molecule has 0 radical (unpaired) electrons. The van der Waals surface area contributed by atoms with Gasteiger partial charge in [-0.25, -0.2) is 0 Å². The van der Waals surface area contributed by atoms with Crippen LogP contribution in [0.5, 0.6) is 5.75 Å². The highest BCUT2D eigenvalue weighted by Gasteiger charge is 2.29. The Morgan fingerprint density at radius 2 is 1.76 bits per heavy atom. The molecule has 0 aliphatic heterocycles. The number of aryl methyl sites for hydroxylation is 1. The SMILES string of the molecule is CC[C@@H](C(=O)NC(C)C)N(Cc1ccccc1C)C(=O)COc1ccc(I)cc1. The van der Waals surface area contributed by atoms with E-state index in [-0.39, 0.29) is 24.5 Å². The molecule has 0 fully saturated rings. The van der Waals surface area contributed by atoms with E-state index in [0.29, 0.717) is 18.7 Å². The highest BCUT2D eigenvalue weighted by Crippen LogP contribution is 2.17. The standard InChI is InChI=1S/C23H29IN2O3/c1-5-21(23(28)25-16(2)3)26(14-18-9-7-6-8-17(18)4)22(27)15-29-20-12-10-19(24)11-13-20/h6-13,16,21H,5,14-15H2,1-4H3,(H,25,28)/t21-/m0/s1. The Labute approximate surface area is 187 Å². The summed E-state index contributed by atoms with van der Waals surface area (Å²) in [7, 11) is 0. The number of halogens is 1. The van der Waals surface area contributed by atoms with Gasteiger partial charge in [-0.15, -0.1) is 0 Å². The van der Waals surface area contributed by atoms with Crippen molar-refractivity contribution >= 4 is 34.4 Å². The van der Waals surface area contributed by atoms with Gasteiger partial charge in [0.25, 0.3) is 5.91 Å². The highest BCUT2D eigenvalue weighted by atomic mass is 127. The second-order valence-electron chi connectivity index (χ2n) is 7.28. The Balaban J connectivity index is 2.21. The number of carbonyl (C=O) groups excluding carboxylic acids is 2. The Hall–Kier alpha value is -2.09.